The third-order valence-electron chi connectivity index (χ3n) is 3.78. The molecule has 2 nitrogen and oxygen atoms in total. The molecule has 2 N–H and O–H groups in total. The van der Waals surface area contributed by atoms with Gasteiger partial charge >= 0.3 is 0 Å². The Morgan fingerprint density at radius 2 is 1.88 bits per heavy atom. The third-order valence-corrected chi connectivity index (χ3v) is 3.78. The highest BCUT2D eigenvalue weighted by molar-refractivity contribution is 5.51. The van der Waals surface area contributed by atoms with Gasteiger partial charge in [-0.25, -0.2) is 0 Å². The highest BCUT2D eigenvalue weighted by Gasteiger charge is 2.18. The van der Waals surface area contributed by atoms with E-state index in [-0.39, 0.29) is 6.10 Å². The smallest absolute Gasteiger partial charge is 0.0540 e. The van der Waals surface area contributed by atoms with Crippen LogP contribution in [0.15, 0.2) is 18.2 Å². The van der Waals surface area contributed by atoms with E-state index in [1.165, 1.54) is 16.8 Å². The largest absolute Gasteiger partial charge is 0.393 e. The molecule has 2 rings (SSSR count). The number of rotatable bonds is 3. The summed E-state index contributed by atoms with van der Waals surface area (Å²) in [6, 6.07) is 6.54. The molecular weight excluding hydrogens is 210 g/mol. The first kappa shape index (κ1) is 12.4. The van der Waals surface area contributed by atoms with Crippen LogP contribution in [-0.4, -0.2) is 17.8 Å². The fourth-order valence-electron chi connectivity index (χ4n) is 2.62. The standard InChI is InChI=1S/C15H23NO/c1-11-3-8-15(12(2)9-11)16-10-13-4-6-14(17)7-5-13/h3,8-9,13-14,16-17H,4-7,10H2,1-2H3. The van der Waals surface area contributed by atoms with Crippen molar-refractivity contribution in [3.8, 4) is 0 Å². The second-order valence-corrected chi connectivity index (χ2v) is 5.37. The average molecular weight is 233 g/mol. The minimum absolute atomic E-state index is 0.0487. The number of benzene rings is 1. The molecule has 0 radical (unpaired) electrons. The molecule has 2 heteroatoms. The van der Waals surface area contributed by atoms with Crippen LogP contribution in [0.5, 0.6) is 0 Å². The first-order valence-electron chi connectivity index (χ1n) is 6.64. The zero-order chi connectivity index (χ0) is 12.3. The fraction of sp³-hybridized carbons (Fsp3) is 0.600. The number of aryl methyl sites for hydroxylation is 2. The summed E-state index contributed by atoms with van der Waals surface area (Å²) in [5.74, 6) is 0.721. The third kappa shape index (κ3) is 3.47. The van der Waals surface area contributed by atoms with Gasteiger partial charge in [0.25, 0.3) is 0 Å². The molecule has 0 amide bonds. The molecule has 0 saturated heterocycles. The van der Waals surface area contributed by atoms with Gasteiger partial charge in [0.15, 0.2) is 0 Å². The van der Waals surface area contributed by atoms with Crippen molar-refractivity contribution >= 4 is 5.69 Å². The van der Waals surface area contributed by atoms with Crippen LogP contribution in [0.2, 0.25) is 0 Å². The van der Waals surface area contributed by atoms with Crippen LogP contribution < -0.4 is 5.32 Å². The molecule has 1 aliphatic carbocycles. The van der Waals surface area contributed by atoms with Crippen molar-refractivity contribution in [1.29, 1.82) is 0 Å². The maximum Gasteiger partial charge on any atom is 0.0540 e. The summed E-state index contributed by atoms with van der Waals surface area (Å²) in [4.78, 5) is 0. The number of aliphatic hydroxyl groups excluding tert-OH is 1. The zero-order valence-electron chi connectivity index (χ0n) is 10.9. The van der Waals surface area contributed by atoms with Gasteiger partial charge in [-0.15, -0.1) is 0 Å². The Morgan fingerprint density at radius 1 is 1.18 bits per heavy atom. The van der Waals surface area contributed by atoms with Gasteiger partial charge in [-0.3, -0.25) is 0 Å². The normalized spacial score (nSPS) is 24.6. The van der Waals surface area contributed by atoms with Gasteiger partial charge < -0.3 is 10.4 Å². The highest BCUT2D eigenvalue weighted by Crippen LogP contribution is 2.25. The molecular formula is C15H23NO. The van der Waals surface area contributed by atoms with E-state index in [0.29, 0.717) is 0 Å². The van der Waals surface area contributed by atoms with Crippen molar-refractivity contribution in [2.75, 3.05) is 11.9 Å². The van der Waals surface area contributed by atoms with Gasteiger partial charge in [0, 0.05) is 12.2 Å². The summed E-state index contributed by atoms with van der Waals surface area (Å²) >= 11 is 0. The Balaban J connectivity index is 1.85. The van der Waals surface area contributed by atoms with E-state index in [1.807, 2.05) is 0 Å². The van der Waals surface area contributed by atoms with Crippen LogP contribution in [0.1, 0.15) is 36.8 Å². The molecule has 0 atom stereocenters. The average Bonchev–Trinajstić information content (AvgIpc) is 2.30. The maximum absolute atomic E-state index is 9.47. The fourth-order valence-corrected chi connectivity index (χ4v) is 2.62. The number of hydrogen-bond acceptors (Lipinski definition) is 2. The van der Waals surface area contributed by atoms with Crippen molar-refractivity contribution < 1.29 is 5.11 Å². The van der Waals surface area contributed by atoms with E-state index in [4.69, 9.17) is 0 Å². The van der Waals surface area contributed by atoms with Crippen LogP contribution in [0.4, 0.5) is 5.69 Å². The Hall–Kier alpha value is -1.02. The Labute approximate surface area is 104 Å². The van der Waals surface area contributed by atoms with Gasteiger partial charge in [-0.1, -0.05) is 17.7 Å². The molecule has 1 saturated carbocycles. The number of hydrogen-bond donors (Lipinski definition) is 2. The summed E-state index contributed by atoms with van der Waals surface area (Å²) < 4.78 is 0. The van der Waals surface area contributed by atoms with E-state index in [2.05, 4.69) is 37.4 Å². The highest BCUT2D eigenvalue weighted by atomic mass is 16.3. The molecule has 0 bridgehead atoms. The van der Waals surface area contributed by atoms with Gasteiger partial charge in [0.05, 0.1) is 6.10 Å². The molecule has 94 valence electrons. The summed E-state index contributed by atoms with van der Waals surface area (Å²) in [6.07, 6.45) is 4.20. The minimum Gasteiger partial charge on any atom is -0.393 e. The first-order chi connectivity index (χ1) is 8.15. The second kappa shape index (κ2) is 5.54. The van der Waals surface area contributed by atoms with E-state index >= 15 is 0 Å². The summed E-state index contributed by atoms with van der Waals surface area (Å²) in [5.41, 5.74) is 3.89. The first-order valence-corrected chi connectivity index (χ1v) is 6.64. The van der Waals surface area contributed by atoms with Crippen LogP contribution in [-0.2, 0) is 0 Å². The van der Waals surface area contributed by atoms with E-state index < -0.39 is 0 Å². The van der Waals surface area contributed by atoms with E-state index in [0.717, 1.165) is 38.1 Å². The predicted molar refractivity (Wildman–Crippen MR) is 72.4 cm³/mol. The van der Waals surface area contributed by atoms with E-state index in [1.54, 1.807) is 0 Å². The minimum atomic E-state index is -0.0487. The molecule has 17 heavy (non-hydrogen) atoms. The lowest BCUT2D eigenvalue weighted by molar-refractivity contribution is 0.111. The van der Waals surface area contributed by atoms with Crippen LogP contribution in [0, 0.1) is 19.8 Å². The molecule has 0 unspecified atom stereocenters. The Kier molecular flexibility index (Phi) is 4.06. The molecule has 0 spiro atoms. The van der Waals surface area contributed by atoms with Gasteiger partial charge in [-0.05, 0) is 57.1 Å². The van der Waals surface area contributed by atoms with Crippen molar-refractivity contribution in [3.05, 3.63) is 29.3 Å². The predicted octanol–water partition coefficient (Wildman–Crippen LogP) is 3.27. The summed E-state index contributed by atoms with van der Waals surface area (Å²) in [7, 11) is 0. The van der Waals surface area contributed by atoms with Gasteiger partial charge in [0.1, 0.15) is 0 Å². The van der Waals surface area contributed by atoms with Gasteiger partial charge in [0.2, 0.25) is 0 Å². The van der Waals surface area contributed by atoms with Crippen molar-refractivity contribution in [3.63, 3.8) is 0 Å². The van der Waals surface area contributed by atoms with Crippen LogP contribution in [0.3, 0.4) is 0 Å². The number of anilines is 1. The second-order valence-electron chi connectivity index (χ2n) is 5.37. The molecule has 1 aromatic rings. The zero-order valence-corrected chi connectivity index (χ0v) is 10.9. The lowest BCUT2D eigenvalue weighted by atomic mass is 9.87. The topological polar surface area (TPSA) is 32.3 Å². The van der Waals surface area contributed by atoms with Crippen LogP contribution >= 0.6 is 0 Å². The Bertz CT molecular complexity index is 367. The van der Waals surface area contributed by atoms with Crippen molar-refractivity contribution in [2.45, 2.75) is 45.6 Å². The van der Waals surface area contributed by atoms with Crippen molar-refractivity contribution in [1.82, 2.24) is 0 Å². The lowest BCUT2D eigenvalue weighted by Crippen LogP contribution is -2.23. The number of nitrogens with one attached hydrogen (secondary N) is 1. The molecule has 1 fully saturated rings. The molecule has 0 heterocycles. The monoisotopic (exact) mass is 233 g/mol. The Morgan fingerprint density at radius 3 is 2.53 bits per heavy atom. The maximum atomic E-state index is 9.47. The number of aliphatic hydroxyl groups is 1. The molecule has 1 aliphatic rings. The SMILES string of the molecule is Cc1ccc(NCC2CCC(O)CC2)c(C)c1. The van der Waals surface area contributed by atoms with Crippen molar-refractivity contribution in [2.24, 2.45) is 5.92 Å². The molecule has 0 aromatic heterocycles. The van der Waals surface area contributed by atoms with Gasteiger partial charge in [-0.2, -0.15) is 0 Å². The quantitative estimate of drug-likeness (QED) is 0.840. The molecule has 1 aromatic carbocycles. The van der Waals surface area contributed by atoms with E-state index in [9.17, 15) is 5.11 Å². The van der Waals surface area contributed by atoms with Crippen LogP contribution in [0.25, 0.3) is 0 Å². The summed E-state index contributed by atoms with van der Waals surface area (Å²) in [6.45, 7) is 5.32. The summed E-state index contributed by atoms with van der Waals surface area (Å²) in [5, 5.41) is 13.0. The molecule has 0 aliphatic heterocycles. The lowest BCUT2D eigenvalue weighted by Gasteiger charge is -2.26.